The Morgan fingerprint density at radius 3 is 2.62 bits per heavy atom. The van der Waals surface area contributed by atoms with Gasteiger partial charge in [-0.15, -0.1) is 0 Å². The Hall–Kier alpha value is -3.35. The van der Waals surface area contributed by atoms with Crippen molar-refractivity contribution in [3.8, 4) is 5.69 Å². The summed E-state index contributed by atoms with van der Waals surface area (Å²) in [6.45, 7) is 1.68. The number of para-hydroxylation sites is 1. The molecule has 2 N–H and O–H groups in total. The fraction of sp³-hybridized carbons (Fsp3) is 0.185. The van der Waals surface area contributed by atoms with Gasteiger partial charge in [0.05, 0.1) is 17.8 Å². The number of anilines is 1. The number of aromatic nitrogens is 2. The quantitative estimate of drug-likeness (QED) is 0.236. The highest BCUT2D eigenvalue weighted by Crippen LogP contribution is 2.39. The first kappa shape index (κ1) is 22.4. The maximum atomic E-state index is 6.31. The number of benzene rings is 2. The van der Waals surface area contributed by atoms with Gasteiger partial charge in [-0.25, -0.2) is 0 Å². The molecule has 2 atom stereocenters. The van der Waals surface area contributed by atoms with E-state index in [0.29, 0.717) is 5.02 Å². The van der Waals surface area contributed by atoms with Crippen molar-refractivity contribution in [2.45, 2.75) is 18.5 Å². The number of pyridine rings is 1. The zero-order valence-electron chi connectivity index (χ0n) is 18.6. The third-order valence-corrected chi connectivity index (χ3v) is 6.63. The summed E-state index contributed by atoms with van der Waals surface area (Å²) in [5.41, 5.74) is 4.26. The van der Waals surface area contributed by atoms with E-state index in [1.165, 1.54) is 0 Å². The van der Waals surface area contributed by atoms with Crippen LogP contribution in [0.5, 0.6) is 0 Å². The van der Waals surface area contributed by atoms with Gasteiger partial charge in [0.15, 0.2) is 5.11 Å². The van der Waals surface area contributed by atoms with Gasteiger partial charge < -0.3 is 20.1 Å². The van der Waals surface area contributed by atoms with Crippen LogP contribution in [0, 0.1) is 0 Å². The highest BCUT2D eigenvalue weighted by molar-refractivity contribution is 7.80. The number of nitrogens with one attached hydrogen (secondary N) is 2. The first-order valence-electron chi connectivity index (χ1n) is 11.4. The topological polar surface area (TPSA) is 45.1 Å². The van der Waals surface area contributed by atoms with Crippen molar-refractivity contribution >= 4 is 34.6 Å². The summed E-state index contributed by atoms with van der Waals surface area (Å²) in [7, 11) is 0. The van der Waals surface area contributed by atoms with Crippen molar-refractivity contribution in [1.82, 2.24) is 19.8 Å². The van der Waals surface area contributed by atoms with E-state index >= 15 is 0 Å². The molecular formula is C27H26ClN5S. The molecule has 7 heteroatoms. The molecule has 0 radical (unpaired) electrons. The van der Waals surface area contributed by atoms with E-state index in [0.717, 1.165) is 47.4 Å². The summed E-state index contributed by atoms with van der Waals surface area (Å²) < 4.78 is 2.19. The average Bonchev–Trinajstić information content (AvgIpc) is 3.47. The monoisotopic (exact) mass is 487 g/mol. The molecule has 34 heavy (non-hydrogen) atoms. The molecule has 1 saturated heterocycles. The molecule has 4 aromatic rings. The minimum atomic E-state index is -0.0522. The van der Waals surface area contributed by atoms with Crippen molar-refractivity contribution in [3.63, 3.8) is 0 Å². The van der Waals surface area contributed by atoms with Gasteiger partial charge in [-0.3, -0.25) is 4.98 Å². The summed E-state index contributed by atoms with van der Waals surface area (Å²) in [4.78, 5) is 6.94. The smallest absolute Gasteiger partial charge is 0.170 e. The van der Waals surface area contributed by atoms with Crippen molar-refractivity contribution in [3.05, 3.63) is 114 Å². The lowest BCUT2D eigenvalue weighted by Crippen LogP contribution is -2.32. The Kier molecular flexibility index (Phi) is 6.79. The number of nitrogens with zero attached hydrogens (tertiary/aromatic N) is 3. The summed E-state index contributed by atoms with van der Waals surface area (Å²) in [6, 6.07) is 28.4. The number of hydrogen-bond donors (Lipinski definition) is 2. The summed E-state index contributed by atoms with van der Waals surface area (Å²) >= 11 is 12.1. The van der Waals surface area contributed by atoms with Crippen molar-refractivity contribution in [1.29, 1.82) is 0 Å². The standard InChI is InChI=1S/C27H26ClN5S/c28-20-9-6-12-22(19-20)32-17-7-14-24(32)26-25(23-13-4-5-15-30-23)31-27(34)33(26)18-8-16-29-21-10-2-1-3-11-21/h1-7,9-15,17,19,25-26,29H,8,16,18H2,(H,31,34)/t25-,26-/m1/s1. The van der Waals surface area contributed by atoms with E-state index < -0.39 is 0 Å². The van der Waals surface area contributed by atoms with Crippen LogP contribution in [-0.2, 0) is 0 Å². The largest absolute Gasteiger partial charge is 0.385 e. The SMILES string of the molecule is S=C1N[C@H](c2ccccn2)[C@@H](c2cccn2-c2cccc(Cl)c2)N1CCCNc1ccccc1. The molecule has 0 bridgehead atoms. The number of hydrogen-bond acceptors (Lipinski definition) is 3. The second-order valence-electron chi connectivity index (χ2n) is 8.25. The maximum absolute atomic E-state index is 6.31. The minimum Gasteiger partial charge on any atom is -0.385 e. The van der Waals surface area contributed by atoms with E-state index in [-0.39, 0.29) is 12.1 Å². The van der Waals surface area contributed by atoms with Gasteiger partial charge in [-0.1, -0.05) is 41.9 Å². The first-order valence-corrected chi connectivity index (χ1v) is 12.2. The molecule has 5 rings (SSSR count). The molecule has 0 unspecified atom stereocenters. The van der Waals surface area contributed by atoms with Gasteiger partial charge in [0.25, 0.3) is 0 Å². The Bertz CT molecular complexity index is 1240. The molecular weight excluding hydrogens is 462 g/mol. The Morgan fingerprint density at radius 1 is 0.971 bits per heavy atom. The Morgan fingerprint density at radius 2 is 1.82 bits per heavy atom. The molecule has 0 spiro atoms. The zero-order chi connectivity index (χ0) is 23.3. The highest BCUT2D eigenvalue weighted by Gasteiger charge is 2.40. The van der Waals surface area contributed by atoms with Crippen LogP contribution in [0.4, 0.5) is 5.69 Å². The molecule has 3 heterocycles. The predicted octanol–water partition coefficient (Wildman–Crippen LogP) is 6.00. The molecule has 0 saturated carbocycles. The van der Waals surface area contributed by atoms with E-state index in [1.807, 2.05) is 54.7 Å². The van der Waals surface area contributed by atoms with Gasteiger partial charge >= 0.3 is 0 Å². The lowest BCUT2D eigenvalue weighted by Gasteiger charge is -2.29. The van der Waals surface area contributed by atoms with Gasteiger partial charge in [-0.2, -0.15) is 0 Å². The van der Waals surface area contributed by atoms with Crippen LogP contribution in [0.2, 0.25) is 5.02 Å². The fourth-order valence-electron chi connectivity index (χ4n) is 4.50. The van der Waals surface area contributed by atoms with Gasteiger partial charge in [0, 0.05) is 47.6 Å². The summed E-state index contributed by atoms with van der Waals surface area (Å²) in [5.74, 6) is 0. The summed E-state index contributed by atoms with van der Waals surface area (Å²) in [6.07, 6.45) is 4.85. The minimum absolute atomic E-state index is 0.00638. The maximum Gasteiger partial charge on any atom is 0.170 e. The molecule has 1 fully saturated rings. The van der Waals surface area contributed by atoms with Crippen molar-refractivity contribution in [2.75, 3.05) is 18.4 Å². The molecule has 2 aromatic heterocycles. The number of thiocarbonyl (C=S) groups is 1. The van der Waals surface area contributed by atoms with Crippen LogP contribution < -0.4 is 10.6 Å². The van der Waals surface area contributed by atoms with E-state index in [4.69, 9.17) is 23.8 Å². The molecule has 0 aliphatic carbocycles. The third kappa shape index (κ3) is 4.79. The molecule has 1 aliphatic rings. The predicted molar refractivity (Wildman–Crippen MR) is 142 cm³/mol. The van der Waals surface area contributed by atoms with Crippen LogP contribution in [-0.4, -0.2) is 32.7 Å². The first-order chi connectivity index (χ1) is 16.7. The van der Waals surface area contributed by atoms with Crippen LogP contribution >= 0.6 is 23.8 Å². The molecule has 5 nitrogen and oxygen atoms in total. The lowest BCUT2D eigenvalue weighted by atomic mass is 10.0. The zero-order valence-corrected chi connectivity index (χ0v) is 20.2. The highest BCUT2D eigenvalue weighted by atomic mass is 35.5. The molecule has 2 aromatic carbocycles. The Labute approximate surface area is 210 Å². The molecule has 1 aliphatic heterocycles. The Balaban J connectivity index is 1.43. The average molecular weight is 488 g/mol. The number of halogens is 1. The normalized spacial score (nSPS) is 17.6. The van der Waals surface area contributed by atoms with Gasteiger partial charge in [0.2, 0.25) is 0 Å². The van der Waals surface area contributed by atoms with Crippen LogP contribution in [0.3, 0.4) is 0 Å². The van der Waals surface area contributed by atoms with Crippen LogP contribution in [0.1, 0.15) is 29.9 Å². The van der Waals surface area contributed by atoms with Crippen LogP contribution in [0.15, 0.2) is 97.3 Å². The van der Waals surface area contributed by atoms with E-state index in [1.54, 1.807) is 0 Å². The van der Waals surface area contributed by atoms with Crippen molar-refractivity contribution in [2.24, 2.45) is 0 Å². The van der Waals surface area contributed by atoms with Gasteiger partial charge in [0.1, 0.15) is 0 Å². The number of rotatable bonds is 8. The third-order valence-electron chi connectivity index (χ3n) is 6.05. The second kappa shape index (κ2) is 10.3. The lowest BCUT2D eigenvalue weighted by molar-refractivity contribution is 0.307. The summed E-state index contributed by atoms with van der Waals surface area (Å²) in [5, 5.41) is 8.50. The van der Waals surface area contributed by atoms with E-state index in [9.17, 15) is 0 Å². The van der Waals surface area contributed by atoms with Crippen molar-refractivity contribution < 1.29 is 0 Å². The second-order valence-corrected chi connectivity index (χ2v) is 9.07. The fourth-order valence-corrected chi connectivity index (χ4v) is 5.02. The molecule has 0 amide bonds. The van der Waals surface area contributed by atoms with Crippen LogP contribution in [0.25, 0.3) is 5.69 Å². The van der Waals surface area contributed by atoms with Gasteiger partial charge in [-0.05, 0) is 73.2 Å². The van der Waals surface area contributed by atoms with E-state index in [2.05, 4.69) is 67.7 Å². The molecule has 172 valence electrons.